The number of hydrogen-bond donors (Lipinski definition) is 0. The lowest BCUT2D eigenvalue weighted by Crippen LogP contribution is -2.53. The fourth-order valence-electron chi connectivity index (χ4n) is 4.02. The van der Waals surface area contributed by atoms with E-state index in [4.69, 9.17) is 4.98 Å². The van der Waals surface area contributed by atoms with E-state index in [2.05, 4.69) is 50.5 Å². The van der Waals surface area contributed by atoms with E-state index in [9.17, 15) is 0 Å². The van der Waals surface area contributed by atoms with Crippen molar-refractivity contribution in [3.63, 3.8) is 0 Å². The number of piperazine rings is 1. The third-order valence-corrected chi connectivity index (χ3v) is 5.93. The third-order valence-electron chi connectivity index (χ3n) is 5.16. The zero-order valence-electron chi connectivity index (χ0n) is 14.3. The predicted octanol–water partition coefficient (Wildman–Crippen LogP) is 3.69. The minimum Gasteiger partial charge on any atom is -0.332 e. The smallest absolute Gasteiger partial charge is 0.226 e. The Balaban J connectivity index is 1.54. The van der Waals surface area contributed by atoms with Gasteiger partial charge in [-0.25, -0.2) is 9.97 Å². The highest BCUT2D eigenvalue weighted by atomic mass is 127. The highest BCUT2D eigenvalue weighted by molar-refractivity contribution is 14.1. The number of unbranched alkanes of at least 4 members (excludes halogenated alkanes) is 4. The largest absolute Gasteiger partial charge is 0.332 e. The van der Waals surface area contributed by atoms with Crippen LogP contribution in [0.1, 0.15) is 50.6 Å². The second kappa shape index (κ2) is 8.60. The van der Waals surface area contributed by atoms with Gasteiger partial charge in [0.15, 0.2) is 0 Å². The van der Waals surface area contributed by atoms with Crippen molar-refractivity contribution in [1.82, 2.24) is 14.9 Å². The standard InChI is InChI=1S/C18H29IN4/c1-22-13-16-8-9-17(14-22)23(16)18-20-12-10-15(21-18)7-5-3-2-4-6-11-19/h10,12,16-17H,2-9,11,13-14H2,1H3. The maximum absolute atomic E-state index is 4.89. The van der Waals surface area contributed by atoms with Crippen LogP contribution < -0.4 is 4.90 Å². The van der Waals surface area contributed by atoms with Crippen LogP contribution in [0.2, 0.25) is 0 Å². The lowest BCUT2D eigenvalue weighted by molar-refractivity contribution is 0.262. The molecule has 1 aromatic heterocycles. The first-order chi connectivity index (χ1) is 11.3. The van der Waals surface area contributed by atoms with Crippen LogP contribution in [0.15, 0.2) is 12.3 Å². The van der Waals surface area contributed by atoms with E-state index in [1.807, 2.05) is 6.20 Å². The lowest BCUT2D eigenvalue weighted by atomic mass is 10.1. The molecule has 0 N–H and O–H groups in total. The van der Waals surface area contributed by atoms with Crippen LogP contribution in [-0.4, -0.2) is 51.5 Å². The molecule has 2 bridgehead atoms. The molecule has 0 amide bonds. The number of likely N-dealkylation sites (N-methyl/N-ethyl adjacent to an activating group) is 1. The van der Waals surface area contributed by atoms with E-state index in [-0.39, 0.29) is 0 Å². The van der Waals surface area contributed by atoms with Crippen molar-refractivity contribution in [3.05, 3.63) is 18.0 Å². The Bertz CT molecular complexity index is 482. The molecule has 2 aliphatic heterocycles. The Labute approximate surface area is 154 Å². The highest BCUT2D eigenvalue weighted by Crippen LogP contribution is 2.32. The molecule has 5 heteroatoms. The third kappa shape index (κ3) is 4.56. The number of hydrogen-bond acceptors (Lipinski definition) is 4. The summed E-state index contributed by atoms with van der Waals surface area (Å²) in [4.78, 5) is 14.4. The van der Waals surface area contributed by atoms with Gasteiger partial charge in [0.25, 0.3) is 0 Å². The van der Waals surface area contributed by atoms with E-state index in [0.29, 0.717) is 12.1 Å². The van der Waals surface area contributed by atoms with Gasteiger partial charge in [0.2, 0.25) is 5.95 Å². The molecule has 128 valence electrons. The first-order valence-corrected chi connectivity index (χ1v) is 10.7. The van der Waals surface area contributed by atoms with Gasteiger partial charge in [-0.1, -0.05) is 41.9 Å². The van der Waals surface area contributed by atoms with Crippen LogP contribution in [0.3, 0.4) is 0 Å². The number of fused-ring (bicyclic) bond motifs is 2. The molecule has 1 aromatic rings. The normalized spacial score (nSPS) is 24.3. The number of aromatic nitrogens is 2. The molecule has 2 aliphatic rings. The minimum absolute atomic E-state index is 0.613. The predicted molar refractivity (Wildman–Crippen MR) is 104 cm³/mol. The zero-order valence-corrected chi connectivity index (χ0v) is 16.4. The fourth-order valence-corrected chi connectivity index (χ4v) is 4.56. The minimum atomic E-state index is 0.613. The first-order valence-electron chi connectivity index (χ1n) is 9.12. The molecule has 2 unspecified atom stereocenters. The molecular weight excluding hydrogens is 399 g/mol. The zero-order chi connectivity index (χ0) is 16.1. The number of aryl methyl sites for hydroxylation is 1. The molecule has 3 heterocycles. The van der Waals surface area contributed by atoms with E-state index in [1.54, 1.807) is 0 Å². The van der Waals surface area contributed by atoms with Crippen molar-refractivity contribution in [2.45, 2.75) is 63.5 Å². The van der Waals surface area contributed by atoms with Gasteiger partial charge >= 0.3 is 0 Å². The van der Waals surface area contributed by atoms with E-state index in [0.717, 1.165) is 25.5 Å². The summed E-state index contributed by atoms with van der Waals surface area (Å²) in [5.41, 5.74) is 1.22. The number of likely N-dealkylation sites (tertiary alicyclic amines) is 1. The molecule has 0 spiro atoms. The SMILES string of the molecule is CN1CC2CCC(C1)N2c1nccc(CCCCCCCI)n1. The summed E-state index contributed by atoms with van der Waals surface area (Å²) < 4.78 is 1.29. The summed E-state index contributed by atoms with van der Waals surface area (Å²) in [6.07, 6.45) is 12.3. The Hall–Kier alpha value is -0.430. The highest BCUT2D eigenvalue weighted by Gasteiger charge is 2.40. The van der Waals surface area contributed by atoms with Gasteiger partial charge in [-0.3, -0.25) is 0 Å². The van der Waals surface area contributed by atoms with Gasteiger partial charge in [0, 0.05) is 37.1 Å². The van der Waals surface area contributed by atoms with Crippen molar-refractivity contribution in [2.75, 3.05) is 29.5 Å². The average Bonchev–Trinajstić information content (AvgIpc) is 2.83. The molecule has 0 aromatic carbocycles. The summed E-state index contributed by atoms with van der Waals surface area (Å²) >= 11 is 2.47. The molecule has 4 nitrogen and oxygen atoms in total. The molecule has 23 heavy (non-hydrogen) atoms. The fraction of sp³-hybridized carbons (Fsp3) is 0.778. The van der Waals surface area contributed by atoms with Gasteiger partial charge in [0.1, 0.15) is 0 Å². The monoisotopic (exact) mass is 428 g/mol. The van der Waals surface area contributed by atoms with E-state index in [1.165, 1.54) is 55.1 Å². The van der Waals surface area contributed by atoms with Gasteiger partial charge in [-0.2, -0.15) is 0 Å². The molecule has 2 fully saturated rings. The number of alkyl halides is 1. The van der Waals surface area contributed by atoms with Crippen molar-refractivity contribution in [2.24, 2.45) is 0 Å². The summed E-state index contributed by atoms with van der Waals surface area (Å²) in [6, 6.07) is 3.33. The second-order valence-electron chi connectivity index (χ2n) is 7.07. The first kappa shape index (κ1) is 17.4. The van der Waals surface area contributed by atoms with Crippen LogP contribution >= 0.6 is 22.6 Å². The second-order valence-corrected chi connectivity index (χ2v) is 8.15. The molecule has 2 saturated heterocycles. The molecule has 3 rings (SSSR count). The van der Waals surface area contributed by atoms with Gasteiger partial charge in [-0.05, 0) is 49.6 Å². The van der Waals surface area contributed by atoms with Crippen LogP contribution in [-0.2, 0) is 6.42 Å². The van der Waals surface area contributed by atoms with Gasteiger partial charge < -0.3 is 9.80 Å². The van der Waals surface area contributed by atoms with Crippen molar-refractivity contribution < 1.29 is 0 Å². The number of rotatable bonds is 8. The maximum atomic E-state index is 4.89. The maximum Gasteiger partial charge on any atom is 0.226 e. The van der Waals surface area contributed by atoms with Gasteiger partial charge in [-0.15, -0.1) is 0 Å². The molecular formula is C18H29IN4. The van der Waals surface area contributed by atoms with E-state index < -0.39 is 0 Å². The molecule has 0 saturated carbocycles. The quantitative estimate of drug-likeness (QED) is 0.359. The Kier molecular flexibility index (Phi) is 6.51. The van der Waals surface area contributed by atoms with Crippen LogP contribution in [0, 0.1) is 0 Å². The summed E-state index contributed by atoms with van der Waals surface area (Å²) in [7, 11) is 2.23. The molecule has 0 aliphatic carbocycles. The molecule has 2 atom stereocenters. The Morgan fingerprint density at radius 3 is 2.52 bits per heavy atom. The number of halogens is 1. The van der Waals surface area contributed by atoms with Crippen LogP contribution in [0.25, 0.3) is 0 Å². The van der Waals surface area contributed by atoms with Crippen molar-refractivity contribution >= 4 is 28.5 Å². The van der Waals surface area contributed by atoms with E-state index >= 15 is 0 Å². The van der Waals surface area contributed by atoms with Crippen molar-refractivity contribution in [3.8, 4) is 0 Å². The summed E-state index contributed by atoms with van der Waals surface area (Å²) in [6.45, 7) is 2.31. The van der Waals surface area contributed by atoms with Gasteiger partial charge in [0.05, 0.1) is 0 Å². The van der Waals surface area contributed by atoms with Crippen LogP contribution in [0.5, 0.6) is 0 Å². The summed E-state index contributed by atoms with van der Waals surface area (Å²) in [5.74, 6) is 0.980. The Morgan fingerprint density at radius 1 is 1.09 bits per heavy atom. The average molecular weight is 428 g/mol. The molecule has 0 radical (unpaired) electrons. The Morgan fingerprint density at radius 2 is 1.78 bits per heavy atom. The number of nitrogens with zero attached hydrogens (tertiary/aromatic N) is 4. The topological polar surface area (TPSA) is 32.3 Å². The number of anilines is 1. The lowest BCUT2D eigenvalue weighted by Gasteiger charge is -2.39. The van der Waals surface area contributed by atoms with Crippen LogP contribution in [0.4, 0.5) is 5.95 Å². The summed E-state index contributed by atoms with van der Waals surface area (Å²) in [5, 5.41) is 0. The van der Waals surface area contributed by atoms with Crippen molar-refractivity contribution in [1.29, 1.82) is 0 Å².